The molecule has 282 valence electrons. The van der Waals surface area contributed by atoms with Crippen LogP contribution in [0.5, 0.6) is 0 Å². The van der Waals surface area contributed by atoms with Crippen LogP contribution in [0.15, 0.2) is 70.5 Å². The van der Waals surface area contributed by atoms with Crippen LogP contribution in [0, 0.1) is 11.3 Å². The lowest BCUT2D eigenvalue weighted by atomic mass is 9.60. The summed E-state index contributed by atoms with van der Waals surface area (Å²) in [5.41, 5.74) is 0.751. The maximum Gasteiger partial charge on any atom is 0.331 e. The van der Waals surface area contributed by atoms with E-state index in [0.29, 0.717) is 16.7 Å². The third kappa shape index (κ3) is 10.7. The van der Waals surface area contributed by atoms with Gasteiger partial charge in [-0.2, -0.15) is 0 Å². The molecule has 0 spiro atoms. The topological polar surface area (TPSA) is 178 Å². The standard InChI is InChI=1S/C39H48O13/c1-21-31(47-23(3)41)18-30-34(49-25(5)43)17-29(20-40)33(52-35(46)16-15-28-13-11-10-12-14-28)19-32(48-24(4)42)22(2)37(50-26(6)44)38(51-27(7)45)36(21)39(30,8)9/h10-17,30-34,38,40H,18-20H2,1-9H3/b16-15+,29-17-,37-22+. The summed E-state index contributed by atoms with van der Waals surface area (Å²) in [6, 6.07) is 8.97. The van der Waals surface area contributed by atoms with Gasteiger partial charge in [0.1, 0.15) is 24.4 Å². The first kappa shape index (κ1) is 41.4. The number of hydrogen-bond acceptors (Lipinski definition) is 13. The number of aliphatic hydroxyl groups is 1. The minimum atomic E-state index is -1.43. The summed E-state index contributed by atoms with van der Waals surface area (Å²) < 4.78 is 35.0. The molecule has 6 atom stereocenters. The second-order valence-corrected chi connectivity index (χ2v) is 13.4. The second kappa shape index (κ2) is 17.9. The van der Waals surface area contributed by atoms with Crippen molar-refractivity contribution >= 4 is 41.9 Å². The number of fused-ring (bicyclic) bond motifs is 2. The molecule has 0 saturated heterocycles. The fourth-order valence-electron chi connectivity index (χ4n) is 6.86. The fraction of sp³-hybridized carbons (Fsp3) is 0.487. The van der Waals surface area contributed by atoms with Crippen molar-refractivity contribution in [2.24, 2.45) is 11.3 Å². The summed E-state index contributed by atoms with van der Waals surface area (Å²) in [4.78, 5) is 76.5. The maximum absolute atomic E-state index is 13.3. The summed E-state index contributed by atoms with van der Waals surface area (Å²) >= 11 is 0. The van der Waals surface area contributed by atoms with Gasteiger partial charge in [-0.1, -0.05) is 44.2 Å². The molecule has 6 unspecified atom stereocenters. The second-order valence-electron chi connectivity index (χ2n) is 13.4. The van der Waals surface area contributed by atoms with Gasteiger partial charge in [0.25, 0.3) is 0 Å². The van der Waals surface area contributed by atoms with E-state index < -0.39 is 84.3 Å². The zero-order valence-electron chi connectivity index (χ0n) is 31.1. The average Bonchev–Trinajstić information content (AvgIpc) is 3.03. The van der Waals surface area contributed by atoms with Gasteiger partial charge in [0.2, 0.25) is 0 Å². The predicted molar refractivity (Wildman–Crippen MR) is 186 cm³/mol. The monoisotopic (exact) mass is 724 g/mol. The Labute approximate surface area is 303 Å². The van der Waals surface area contributed by atoms with E-state index in [1.54, 1.807) is 31.2 Å². The largest absolute Gasteiger partial charge is 0.458 e. The van der Waals surface area contributed by atoms with Gasteiger partial charge in [-0.05, 0) is 60.1 Å². The summed E-state index contributed by atoms with van der Waals surface area (Å²) in [5.74, 6) is -5.29. The number of ether oxygens (including phenoxy) is 6. The predicted octanol–water partition coefficient (Wildman–Crippen LogP) is 4.86. The van der Waals surface area contributed by atoms with E-state index in [2.05, 4.69) is 0 Å². The molecule has 0 radical (unpaired) electrons. The molecule has 1 aromatic rings. The third-order valence-corrected chi connectivity index (χ3v) is 9.09. The van der Waals surface area contributed by atoms with E-state index in [-0.39, 0.29) is 29.7 Å². The summed E-state index contributed by atoms with van der Waals surface area (Å²) in [7, 11) is 0. The van der Waals surface area contributed by atoms with Crippen LogP contribution >= 0.6 is 0 Å². The highest BCUT2D eigenvalue weighted by Gasteiger charge is 2.51. The molecule has 2 bridgehead atoms. The van der Waals surface area contributed by atoms with Crippen molar-refractivity contribution in [1.29, 1.82) is 0 Å². The number of hydrogen-bond donors (Lipinski definition) is 1. The van der Waals surface area contributed by atoms with Crippen molar-refractivity contribution < 1.29 is 62.3 Å². The molecule has 0 amide bonds. The molecule has 13 heteroatoms. The zero-order valence-corrected chi connectivity index (χ0v) is 31.1. The van der Waals surface area contributed by atoms with Crippen molar-refractivity contribution in [3.63, 3.8) is 0 Å². The molecule has 2 aliphatic carbocycles. The zero-order chi connectivity index (χ0) is 38.9. The Morgan fingerprint density at radius 2 is 1.29 bits per heavy atom. The summed E-state index contributed by atoms with van der Waals surface area (Å²) in [6.45, 7) is 12.1. The van der Waals surface area contributed by atoms with E-state index in [1.807, 2.05) is 19.9 Å². The highest BCUT2D eigenvalue weighted by atomic mass is 16.6. The minimum Gasteiger partial charge on any atom is -0.458 e. The van der Waals surface area contributed by atoms with Gasteiger partial charge in [-0.3, -0.25) is 24.0 Å². The third-order valence-electron chi connectivity index (χ3n) is 9.09. The van der Waals surface area contributed by atoms with E-state index in [1.165, 1.54) is 45.9 Å². The van der Waals surface area contributed by atoms with Crippen LogP contribution in [0.2, 0.25) is 0 Å². The van der Waals surface area contributed by atoms with Crippen LogP contribution in [-0.2, 0) is 57.2 Å². The number of carbonyl (C=O) groups is 6. The average molecular weight is 725 g/mol. The van der Waals surface area contributed by atoms with Gasteiger partial charge >= 0.3 is 35.8 Å². The SMILES string of the molecule is CC(=O)O/C1=C(\C)C(OC(C)=O)CC(OC(=O)/C=C/c2ccccc2)/C(CO)=C\C(OC(C)=O)C2CC(OC(C)=O)C(C)=C(C1OC(C)=O)C2(C)C. The first-order valence-corrected chi connectivity index (χ1v) is 16.9. The number of benzene rings is 1. The van der Waals surface area contributed by atoms with Crippen LogP contribution in [0.4, 0.5) is 0 Å². The maximum atomic E-state index is 13.3. The van der Waals surface area contributed by atoms with E-state index in [0.717, 1.165) is 13.8 Å². The Balaban J connectivity index is 2.45. The molecule has 13 nitrogen and oxygen atoms in total. The van der Waals surface area contributed by atoms with Gasteiger partial charge in [0, 0.05) is 58.6 Å². The highest BCUT2D eigenvalue weighted by Crippen LogP contribution is 2.52. The van der Waals surface area contributed by atoms with Crippen LogP contribution in [-0.4, -0.2) is 78.0 Å². The van der Waals surface area contributed by atoms with Crippen molar-refractivity contribution in [1.82, 2.24) is 0 Å². The summed E-state index contributed by atoms with van der Waals surface area (Å²) in [5, 5.41) is 10.8. The molecule has 1 N–H and O–H groups in total. The lowest BCUT2D eigenvalue weighted by molar-refractivity contribution is -0.156. The Bertz CT molecular complexity index is 1660. The Kier molecular flexibility index (Phi) is 14.3. The van der Waals surface area contributed by atoms with E-state index in [9.17, 15) is 33.9 Å². The van der Waals surface area contributed by atoms with Gasteiger partial charge < -0.3 is 33.5 Å². The van der Waals surface area contributed by atoms with Crippen LogP contribution in [0.1, 0.15) is 80.7 Å². The van der Waals surface area contributed by atoms with Gasteiger partial charge in [-0.25, -0.2) is 4.79 Å². The Morgan fingerprint density at radius 1 is 0.731 bits per heavy atom. The quantitative estimate of drug-likeness (QED) is 0.158. The van der Waals surface area contributed by atoms with Crippen molar-refractivity contribution in [2.75, 3.05) is 6.61 Å². The number of esters is 6. The van der Waals surface area contributed by atoms with Crippen molar-refractivity contribution in [2.45, 2.75) is 106 Å². The smallest absolute Gasteiger partial charge is 0.331 e. The van der Waals surface area contributed by atoms with Crippen LogP contribution < -0.4 is 0 Å². The molecule has 0 heterocycles. The van der Waals surface area contributed by atoms with Crippen molar-refractivity contribution in [3.05, 3.63) is 76.1 Å². The first-order chi connectivity index (χ1) is 24.3. The van der Waals surface area contributed by atoms with Crippen LogP contribution in [0.3, 0.4) is 0 Å². The Morgan fingerprint density at radius 3 is 1.81 bits per heavy atom. The molecule has 0 fully saturated rings. The molecule has 0 aromatic heterocycles. The molecule has 3 rings (SSSR count). The minimum absolute atomic E-state index is 0.108. The first-order valence-electron chi connectivity index (χ1n) is 16.9. The van der Waals surface area contributed by atoms with Gasteiger partial charge in [0.15, 0.2) is 11.9 Å². The number of aliphatic hydroxyl groups excluding tert-OH is 1. The molecule has 52 heavy (non-hydrogen) atoms. The lowest BCUT2D eigenvalue weighted by Gasteiger charge is -2.48. The summed E-state index contributed by atoms with van der Waals surface area (Å²) in [6.07, 6.45) is -2.03. The lowest BCUT2D eigenvalue weighted by Crippen LogP contribution is -2.49. The number of carbonyl (C=O) groups excluding carboxylic acids is 6. The van der Waals surface area contributed by atoms with Gasteiger partial charge in [-0.15, -0.1) is 0 Å². The molecule has 2 aliphatic rings. The highest BCUT2D eigenvalue weighted by molar-refractivity contribution is 5.87. The van der Waals surface area contributed by atoms with Crippen molar-refractivity contribution in [3.8, 4) is 0 Å². The fourth-order valence-corrected chi connectivity index (χ4v) is 6.86. The number of rotatable bonds is 9. The van der Waals surface area contributed by atoms with Crippen LogP contribution in [0.25, 0.3) is 6.08 Å². The molecule has 1 aromatic carbocycles. The van der Waals surface area contributed by atoms with Gasteiger partial charge in [0.05, 0.1) is 6.61 Å². The molecule has 0 saturated carbocycles. The Hall–Kier alpha value is -5.04. The molecular weight excluding hydrogens is 676 g/mol. The molecule has 0 aliphatic heterocycles. The normalized spacial score (nSPS) is 27.2. The van der Waals surface area contributed by atoms with E-state index >= 15 is 0 Å². The molecular formula is C39H48O13. The van der Waals surface area contributed by atoms with E-state index in [4.69, 9.17) is 28.4 Å².